The number of rotatable bonds is 9. The number of allylic oxidation sites excluding steroid dienone is 5. The number of hydrogen-bond acceptors (Lipinski definition) is 3. The van der Waals surface area contributed by atoms with E-state index >= 15 is 0 Å². The van der Waals surface area contributed by atoms with Gasteiger partial charge in [0, 0.05) is 11.1 Å². The molecule has 0 saturated heterocycles. The first-order valence-electron chi connectivity index (χ1n) is 17.8. The van der Waals surface area contributed by atoms with Crippen LogP contribution in [0, 0.1) is 0 Å². The van der Waals surface area contributed by atoms with Crippen LogP contribution in [0.5, 0.6) is 0 Å². The summed E-state index contributed by atoms with van der Waals surface area (Å²) in [7, 11) is 0. The largest absolute Gasteiger partial charge is 0.209 e. The Bertz CT molecular complexity index is 2590. The number of hydrogen-bond donors (Lipinski definition) is 0. The Hall–Kier alpha value is -6.97. The highest BCUT2D eigenvalue weighted by Gasteiger charge is 2.14. The molecule has 1 heterocycles. The topological polar surface area (TPSA) is 38.7 Å². The molecular formula is C50H37N3. The van der Waals surface area contributed by atoms with Crippen molar-refractivity contribution in [2.75, 3.05) is 0 Å². The third-order valence-corrected chi connectivity index (χ3v) is 9.47. The number of fused-ring (bicyclic) bond motifs is 1. The molecule has 0 N–H and O–H groups in total. The van der Waals surface area contributed by atoms with E-state index in [0.29, 0.717) is 17.5 Å². The molecule has 0 aliphatic rings. The third kappa shape index (κ3) is 7.28. The second-order valence-electron chi connectivity index (χ2n) is 13.0. The van der Waals surface area contributed by atoms with E-state index in [1.165, 1.54) is 27.5 Å². The molecule has 0 radical (unpaired) electrons. The van der Waals surface area contributed by atoms with Gasteiger partial charge in [-0.2, -0.15) is 0 Å². The molecule has 0 amide bonds. The molecule has 0 atom stereocenters. The fraction of sp³-hybridized carbons (Fsp3) is 0.0200. The van der Waals surface area contributed by atoms with E-state index in [2.05, 4.69) is 152 Å². The predicted molar refractivity (Wildman–Crippen MR) is 223 cm³/mol. The molecule has 0 spiro atoms. The van der Waals surface area contributed by atoms with Gasteiger partial charge in [0.15, 0.2) is 17.5 Å². The van der Waals surface area contributed by atoms with Crippen LogP contribution in [-0.2, 0) is 0 Å². The molecule has 8 rings (SSSR count). The fourth-order valence-electron chi connectivity index (χ4n) is 6.64. The standard InChI is InChI=1S/C50H37N3/c1-35(47-45-24-13-12-21-41(45)33-34-46(47)42-29-25-39(26-30-42)37-17-6-3-7-18-37)15-14-16-36(2)48-51-49(43-22-10-5-11-23-43)53-50(52-48)44-31-27-40(28-32-44)38-19-8-4-9-20-38/h3-34H,1H2,2H3/b15-14-,36-16+. The number of nitrogens with zero attached hydrogens (tertiary/aromatic N) is 3. The van der Waals surface area contributed by atoms with E-state index in [9.17, 15) is 0 Å². The summed E-state index contributed by atoms with van der Waals surface area (Å²) in [4.78, 5) is 14.8. The second kappa shape index (κ2) is 15.1. The lowest BCUT2D eigenvalue weighted by atomic mass is 9.89. The van der Waals surface area contributed by atoms with Crippen LogP contribution in [0.3, 0.4) is 0 Å². The minimum atomic E-state index is 0.626. The maximum absolute atomic E-state index is 4.96. The molecule has 3 heteroatoms. The van der Waals surface area contributed by atoms with Crippen molar-refractivity contribution in [2.45, 2.75) is 6.92 Å². The van der Waals surface area contributed by atoms with Gasteiger partial charge in [-0.05, 0) is 67.8 Å². The highest BCUT2D eigenvalue weighted by Crippen LogP contribution is 2.36. The fourth-order valence-corrected chi connectivity index (χ4v) is 6.64. The van der Waals surface area contributed by atoms with Crippen LogP contribution in [-0.4, -0.2) is 15.0 Å². The summed E-state index contributed by atoms with van der Waals surface area (Å²) in [6, 6.07) is 61.0. The minimum absolute atomic E-state index is 0.626. The molecule has 0 saturated carbocycles. The highest BCUT2D eigenvalue weighted by molar-refractivity contribution is 6.02. The van der Waals surface area contributed by atoms with Crippen molar-refractivity contribution in [3.8, 4) is 56.2 Å². The Labute approximate surface area is 311 Å². The van der Waals surface area contributed by atoms with E-state index in [1.54, 1.807) is 0 Å². The van der Waals surface area contributed by atoms with Crippen molar-refractivity contribution >= 4 is 21.9 Å². The Morgan fingerprint density at radius 1 is 0.453 bits per heavy atom. The van der Waals surface area contributed by atoms with Gasteiger partial charge < -0.3 is 0 Å². The van der Waals surface area contributed by atoms with Crippen LogP contribution < -0.4 is 0 Å². The van der Waals surface area contributed by atoms with Gasteiger partial charge in [-0.25, -0.2) is 15.0 Å². The molecule has 0 bridgehead atoms. The summed E-state index contributed by atoms with van der Waals surface area (Å²) < 4.78 is 0. The molecule has 7 aromatic carbocycles. The molecule has 1 aromatic heterocycles. The zero-order valence-electron chi connectivity index (χ0n) is 29.5. The first-order valence-corrected chi connectivity index (χ1v) is 17.8. The van der Waals surface area contributed by atoms with Crippen LogP contribution in [0.25, 0.3) is 78.1 Å². The van der Waals surface area contributed by atoms with Crippen LogP contribution in [0.2, 0.25) is 0 Å². The molecule has 3 nitrogen and oxygen atoms in total. The van der Waals surface area contributed by atoms with Crippen molar-refractivity contribution in [3.05, 3.63) is 212 Å². The first kappa shape index (κ1) is 33.2. The molecule has 0 aliphatic heterocycles. The average Bonchev–Trinajstić information content (AvgIpc) is 3.24. The average molecular weight is 680 g/mol. The van der Waals surface area contributed by atoms with Gasteiger partial charge >= 0.3 is 0 Å². The van der Waals surface area contributed by atoms with Crippen molar-refractivity contribution in [3.63, 3.8) is 0 Å². The van der Waals surface area contributed by atoms with Crippen molar-refractivity contribution < 1.29 is 0 Å². The van der Waals surface area contributed by atoms with E-state index in [-0.39, 0.29) is 0 Å². The van der Waals surface area contributed by atoms with E-state index < -0.39 is 0 Å². The molecule has 252 valence electrons. The lowest BCUT2D eigenvalue weighted by Crippen LogP contribution is -2.01. The number of aromatic nitrogens is 3. The summed E-state index contributed by atoms with van der Waals surface area (Å²) >= 11 is 0. The zero-order valence-corrected chi connectivity index (χ0v) is 29.5. The third-order valence-electron chi connectivity index (χ3n) is 9.47. The second-order valence-corrected chi connectivity index (χ2v) is 13.0. The summed E-state index contributed by atoms with van der Waals surface area (Å²) in [5.41, 5.74) is 11.8. The lowest BCUT2D eigenvalue weighted by Gasteiger charge is -2.15. The number of benzene rings is 7. The maximum Gasteiger partial charge on any atom is 0.164 e. The Morgan fingerprint density at radius 2 is 0.906 bits per heavy atom. The van der Waals surface area contributed by atoms with Gasteiger partial charge in [0.1, 0.15) is 0 Å². The summed E-state index contributed by atoms with van der Waals surface area (Å²) in [5, 5.41) is 2.34. The Balaban J connectivity index is 1.12. The normalized spacial score (nSPS) is 11.6. The Morgan fingerprint density at radius 3 is 1.49 bits per heavy atom. The van der Waals surface area contributed by atoms with Gasteiger partial charge in [-0.15, -0.1) is 0 Å². The smallest absolute Gasteiger partial charge is 0.164 e. The minimum Gasteiger partial charge on any atom is -0.209 e. The summed E-state index contributed by atoms with van der Waals surface area (Å²) in [6.45, 7) is 6.61. The lowest BCUT2D eigenvalue weighted by molar-refractivity contribution is 1.03. The SMILES string of the molecule is C=C(/C=C\C=C(/C)c1nc(-c2ccccc2)nc(-c2ccc(-c3ccccc3)cc2)n1)c1c(-c2ccc(-c3ccccc3)cc2)ccc2ccccc12. The summed E-state index contributed by atoms with van der Waals surface area (Å²) in [5.74, 6) is 1.89. The molecule has 8 aromatic rings. The predicted octanol–water partition coefficient (Wildman–Crippen LogP) is 13.0. The van der Waals surface area contributed by atoms with Crippen molar-refractivity contribution in [1.82, 2.24) is 15.0 Å². The van der Waals surface area contributed by atoms with Gasteiger partial charge in [-0.1, -0.05) is 201 Å². The zero-order chi connectivity index (χ0) is 36.0. The van der Waals surface area contributed by atoms with Crippen molar-refractivity contribution in [2.24, 2.45) is 0 Å². The molecule has 0 aliphatic carbocycles. The van der Waals surface area contributed by atoms with Gasteiger partial charge in [0.05, 0.1) is 0 Å². The quantitative estimate of drug-likeness (QED) is 0.143. The monoisotopic (exact) mass is 679 g/mol. The van der Waals surface area contributed by atoms with E-state index in [0.717, 1.165) is 44.5 Å². The first-order chi connectivity index (χ1) is 26.1. The van der Waals surface area contributed by atoms with E-state index in [4.69, 9.17) is 15.0 Å². The van der Waals surface area contributed by atoms with Crippen LogP contribution in [0.15, 0.2) is 201 Å². The molecule has 53 heavy (non-hydrogen) atoms. The van der Waals surface area contributed by atoms with Gasteiger partial charge in [0.2, 0.25) is 0 Å². The highest BCUT2D eigenvalue weighted by atomic mass is 15.0. The molecule has 0 fully saturated rings. The molecular weight excluding hydrogens is 643 g/mol. The maximum atomic E-state index is 4.96. The van der Waals surface area contributed by atoms with Gasteiger partial charge in [-0.3, -0.25) is 0 Å². The Kier molecular flexibility index (Phi) is 9.46. The van der Waals surface area contributed by atoms with Gasteiger partial charge in [0.25, 0.3) is 0 Å². The summed E-state index contributed by atoms with van der Waals surface area (Å²) in [6.07, 6.45) is 6.18. The van der Waals surface area contributed by atoms with Crippen LogP contribution in [0.4, 0.5) is 0 Å². The van der Waals surface area contributed by atoms with Crippen LogP contribution >= 0.6 is 0 Å². The van der Waals surface area contributed by atoms with Crippen LogP contribution in [0.1, 0.15) is 18.3 Å². The van der Waals surface area contributed by atoms with Crippen molar-refractivity contribution in [1.29, 1.82) is 0 Å². The molecule has 0 unspecified atom stereocenters. The van der Waals surface area contributed by atoms with E-state index in [1.807, 2.05) is 55.5 Å².